The molecule has 1 heterocycles. The highest BCUT2D eigenvalue weighted by molar-refractivity contribution is 7.86. The molecule has 0 fully saturated rings. The summed E-state index contributed by atoms with van der Waals surface area (Å²) >= 11 is 0. The van der Waals surface area contributed by atoms with Crippen molar-refractivity contribution >= 4 is 21.7 Å². The second-order valence-electron chi connectivity index (χ2n) is 5.80. The molecule has 0 saturated carbocycles. The Hall–Kier alpha value is -2.38. The fourth-order valence-electron chi connectivity index (χ4n) is 2.53. The van der Waals surface area contributed by atoms with E-state index in [1.54, 1.807) is 24.3 Å². The standard InChI is InChI=1S/C18H19NO5S/c1-13-2-6-16(7-3-13)25(21,22)24-11-10-23-15-5-8-17-14(12-15)4-9-18(20)19-17/h2-3,5-8,12H,4,9-11H2,1H3,(H,19,20). The molecule has 7 heteroatoms. The van der Waals surface area contributed by atoms with Crippen LogP contribution in [-0.4, -0.2) is 27.5 Å². The second-order valence-corrected chi connectivity index (χ2v) is 7.42. The maximum atomic E-state index is 12.1. The Morgan fingerprint density at radius 1 is 1.04 bits per heavy atom. The molecule has 2 aromatic rings. The highest BCUT2D eigenvalue weighted by Crippen LogP contribution is 2.26. The fraction of sp³-hybridized carbons (Fsp3) is 0.278. The number of benzene rings is 2. The lowest BCUT2D eigenvalue weighted by Gasteiger charge is -2.17. The molecular weight excluding hydrogens is 342 g/mol. The van der Waals surface area contributed by atoms with E-state index < -0.39 is 10.1 Å². The smallest absolute Gasteiger partial charge is 0.297 e. The molecule has 0 atom stereocenters. The number of carbonyl (C=O) groups excluding carboxylic acids is 1. The molecule has 0 aromatic heterocycles. The number of hydrogen-bond acceptors (Lipinski definition) is 5. The van der Waals surface area contributed by atoms with Gasteiger partial charge in [0.2, 0.25) is 5.91 Å². The van der Waals surface area contributed by atoms with Gasteiger partial charge < -0.3 is 10.1 Å². The lowest BCUT2D eigenvalue weighted by molar-refractivity contribution is -0.116. The Kier molecular flexibility index (Phi) is 5.06. The van der Waals surface area contributed by atoms with Gasteiger partial charge in [-0.3, -0.25) is 8.98 Å². The van der Waals surface area contributed by atoms with E-state index in [0.29, 0.717) is 18.6 Å². The van der Waals surface area contributed by atoms with Gasteiger partial charge in [-0.25, -0.2) is 0 Å². The summed E-state index contributed by atoms with van der Waals surface area (Å²) in [5.74, 6) is 0.627. The van der Waals surface area contributed by atoms with Gasteiger partial charge in [-0.05, 0) is 49.2 Å². The predicted octanol–water partition coefficient (Wildman–Crippen LogP) is 2.66. The van der Waals surface area contributed by atoms with E-state index in [0.717, 1.165) is 16.8 Å². The zero-order valence-corrected chi connectivity index (χ0v) is 14.6. The first kappa shape index (κ1) is 17.4. The number of carbonyl (C=O) groups is 1. The SMILES string of the molecule is Cc1ccc(S(=O)(=O)OCCOc2ccc3c(c2)CCC(=O)N3)cc1. The first-order valence-corrected chi connectivity index (χ1v) is 9.36. The molecule has 25 heavy (non-hydrogen) atoms. The molecule has 132 valence electrons. The first-order valence-electron chi connectivity index (χ1n) is 7.96. The van der Waals surface area contributed by atoms with Gasteiger partial charge in [0, 0.05) is 12.1 Å². The molecule has 6 nitrogen and oxygen atoms in total. The Morgan fingerprint density at radius 3 is 2.56 bits per heavy atom. The van der Waals surface area contributed by atoms with Gasteiger partial charge >= 0.3 is 0 Å². The summed E-state index contributed by atoms with van der Waals surface area (Å²) in [5.41, 5.74) is 2.78. The molecule has 0 spiro atoms. The molecule has 0 radical (unpaired) electrons. The lowest BCUT2D eigenvalue weighted by atomic mass is 10.0. The number of fused-ring (bicyclic) bond motifs is 1. The summed E-state index contributed by atoms with van der Waals surface area (Å²) in [5, 5.41) is 2.80. The van der Waals surface area contributed by atoms with Gasteiger partial charge in [-0.1, -0.05) is 17.7 Å². The molecule has 1 aliphatic heterocycles. The van der Waals surface area contributed by atoms with Crippen LogP contribution in [0, 0.1) is 6.92 Å². The zero-order chi connectivity index (χ0) is 17.9. The zero-order valence-electron chi connectivity index (χ0n) is 13.8. The summed E-state index contributed by atoms with van der Waals surface area (Å²) < 4.78 is 34.7. The van der Waals surface area contributed by atoms with Crippen LogP contribution in [0.3, 0.4) is 0 Å². The molecule has 0 bridgehead atoms. The van der Waals surface area contributed by atoms with Gasteiger partial charge in [0.15, 0.2) is 0 Å². The Morgan fingerprint density at radius 2 is 1.80 bits per heavy atom. The minimum atomic E-state index is -3.78. The van der Waals surface area contributed by atoms with Crippen molar-refractivity contribution in [2.24, 2.45) is 0 Å². The number of aryl methyl sites for hydroxylation is 2. The number of ether oxygens (including phenoxy) is 1. The number of rotatable bonds is 6. The van der Waals surface area contributed by atoms with Crippen molar-refractivity contribution in [1.82, 2.24) is 0 Å². The van der Waals surface area contributed by atoms with Crippen molar-refractivity contribution in [2.75, 3.05) is 18.5 Å². The maximum Gasteiger partial charge on any atom is 0.297 e. The van der Waals surface area contributed by atoms with Crippen molar-refractivity contribution in [2.45, 2.75) is 24.7 Å². The summed E-state index contributed by atoms with van der Waals surface area (Å²) in [6.45, 7) is 1.91. The number of hydrogen-bond donors (Lipinski definition) is 1. The van der Waals surface area contributed by atoms with E-state index in [4.69, 9.17) is 8.92 Å². The molecule has 2 aromatic carbocycles. The van der Waals surface area contributed by atoms with Crippen LogP contribution in [0.2, 0.25) is 0 Å². The van der Waals surface area contributed by atoms with Crippen LogP contribution in [0.4, 0.5) is 5.69 Å². The summed E-state index contributed by atoms with van der Waals surface area (Å²) in [4.78, 5) is 11.5. The minimum Gasteiger partial charge on any atom is -0.491 e. The average Bonchev–Trinajstić information content (AvgIpc) is 2.59. The van der Waals surface area contributed by atoms with Gasteiger partial charge in [-0.15, -0.1) is 0 Å². The first-order chi connectivity index (χ1) is 11.9. The monoisotopic (exact) mass is 361 g/mol. The third kappa shape index (κ3) is 4.37. The van der Waals surface area contributed by atoms with Crippen molar-refractivity contribution in [3.63, 3.8) is 0 Å². The molecule has 0 aliphatic carbocycles. The van der Waals surface area contributed by atoms with Crippen LogP contribution in [-0.2, 0) is 25.5 Å². The Bertz CT molecular complexity index is 875. The summed E-state index contributed by atoms with van der Waals surface area (Å²) in [7, 11) is -3.78. The fourth-order valence-corrected chi connectivity index (χ4v) is 3.42. The molecular formula is C18H19NO5S. The third-order valence-corrected chi connectivity index (χ3v) is 5.20. The largest absolute Gasteiger partial charge is 0.491 e. The molecule has 1 N–H and O–H groups in total. The topological polar surface area (TPSA) is 81.7 Å². The highest BCUT2D eigenvalue weighted by atomic mass is 32.2. The van der Waals surface area contributed by atoms with Crippen LogP contribution in [0.1, 0.15) is 17.5 Å². The quantitative estimate of drug-likeness (QED) is 0.632. The van der Waals surface area contributed by atoms with Crippen molar-refractivity contribution in [1.29, 1.82) is 0 Å². The molecule has 3 rings (SSSR count). The number of amides is 1. The summed E-state index contributed by atoms with van der Waals surface area (Å²) in [6.07, 6.45) is 1.12. The Labute approximate surface area is 146 Å². The van der Waals surface area contributed by atoms with E-state index in [-0.39, 0.29) is 24.0 Å². The van der Waals surface area contributed by atoms with Gasteiger partial charge in [0.05, 0.1) is 4.90 Å². The van der Waals surface area contributed by atoms with Gasteiger partial charge in [-0.2, -0.15) is 8.42 Å². The lowest BCUT2D eigenvalue weighted by Crippen LogP contribution is -2.19. The van der Waals surface area contributed by atoms with E-state index in [1.807, 2.05) is 13.0 Å². The van der Waals surface area contributed by atoms with E-state index in [9.17, 15) is 13.2 Å². The summed E-state index contributed by atoms with van der Waals surface area (Å²) in [6, 6.07) is 11.8. The van der Waals surface area contributed by atoms with Crippen LogP contribution in [0.25, 0.3) is 0 Å². The predicted molar refractivity (Wildman–Crippen MR) is 93.2 cm³/mol. The number of nitrogens with one attached hydrogen (secondary N) is 1. The van der Waals surface area contributed by atoms with E-state index in [1.165, 1.54) is 12.1 Å². The molecule has 0 saturated heterocycles. The van der Waals surface area contributed by atoms with Crippen molar-refractivity contribution in [3.05, 3.63) is 53.6 Å². The van der Waals surface area contributed by atoms with Gasteiger partial charge in [0.1, 0.15) is 19.0 Å². The third-order valence-electron chi connectivity index (χ3n) is 3.87. The molecule has 1 amide bonds. The highest BCUT2D eigenvalue weighted by Gasteiger charge is 2.16. The van der Waals surface area contributed by atoms with Crippen LogP contribution < -0.4 is 10.1 Å². The molecule has 1 aliphatic rings. The Balaban J connectivity index is 1.53. The van der Waals surface area contributed by atoms with E-state index >= 15 is 0 Å². The van der Waals surface area contributed by atoms with Crippen molar-refractivity contribution in [3.8, 4) is 5.75 Å². The maximum absolute atomic E-state index is 12.1. The van der Waals surface area contributed by atoms with Crippen molar-refractivity contribution < 1.29 is 22.1 Å². The van der Waals surface area contributed by atoms with Crippen LogP contribution in [0.15, 0.2) is 47.4 Å². The van der Waals surface area contributed by atoms with Crippen LogP contribution >= 0.6 is 0 Å². The average molecular weight is 361 g/mol. The van der Waals surface area contributed by atoms with E-state index in [2.05, 4.69) is 5.32 Å². The molecule has 0 unspecified atom stereocenters. The second kappa shape index (κ2) is 7.25. The normalized spacial score (nSPS) is 13.9. The van der Waals surface area contributed by atoms with Gasteiger partial charge in [0.25, 0.3) is 10.1 Å². The number of anilines is 1. The minimum absolute atomic E-state index is 0.0101. The van der Waals surface area contributed by atoms with Crippen LogP contribution in [0.5, 0.6) is 5.75 Å².